The van der Waals surface area contributed by atoms with Crippen LogP contribution in [0.3, 0.4) is 0 Å². The fraction of sp³-hybridized carbons (Fsp3) is 0.222. The van der Waals surface area contributed by atoms with E-state index < -0.39 is 29.4 Å². The van der Waals surface area contributed by atoms with Crippen LogP contribution in [0.15, 0.2) is 47.7 Å². The van der Waals surface area contributed by atoms with Crippen molar-refractivity contribution in [3.05, 3.63) is 64.3 Å². The predicted molar refractivity (Wildman–Crippen MR) is 90.7 cm³/mol. The first-order chi connectivity index (χ1) is 13.3. The van der Waals surface area contributed by atoms with Crippen molar-refractivity contribution in [3.63, 3.8) is 0 Å². The lowest BCUT2D eigenvalue weighted by molar-refractivity contribution is -0.274. The molecule has 154 valence electrons. The molecule has 5 nitrogen and oxygen atoms in total. The van der Waals surface area contributed by atoms with E-state index in [4.69, 9.17) is 0 Å². The SMILES string of the molecule is Cc1cc(OC(F)(F)F)ccc1-n1cc(-c2cnn(C)c2)c(C(F)(F)F)cc1=O. The average molecular weight is 417 g/mol. The van der Waals surface area contributed by atoms with Crippen molar-refractivity contribution in [2.45, 2.75) is 19.5 Å². The average Bonchev–Trinajstić information content (AvgIpc) is 2.99. The quantitative estimate of drug-likeness (QED) is 0.591. The van der Waals surface area contributed by atoms with Crippen molar-refractivity contribution in [1.29, 1.82) is 0 Å². The fourth-order valence-electron chi connectivity index (χ4n) is 2.84. The van der Waals surface area contributed by atoms with Crippen LogP contribution in [0, 0.1) is 6.92 Å². The van der Waals surface area contributed by atoms with E-state index in [-0.39, 0.29) is 22.4 Å². The molecule has 0 unspecified atom stereocenters. The molecule has 0 N–H and O–H groups in total. The van der Waals surface area contributed by atoms with Gasteiger partial charge in [0.15, 0.2) is 0 Å². The number of pyridine rings is 1. The molecule has 29 heavy (non-hydrogen) atoms. The molecule has 0 atom stereocenters. The number of hydrogen-bond donors (Lipinski definition) is 0. The molecule has 0 aliphatic carbocycles. The molecule has 0 saturated heterocycles. The normalized spacial score (nSPS) is 12.3. The van der Waals surface area contributed by atoms with Gasteiger partial charge in [-0.1, -0.05) is 0 Å². The summed E-state index contributed by atoms with van der Waals surface area (Å²) >= 11 is 0. The lowest BCUT2D eigenvalue weighted by Crippen LogP contribution is -2.22. The van der Waals surface area contributed by atoms with Crippen LogP contribution in [0.1, 0.15) is 11.1 Å². The number of benzene rings is 1. The molecule has 3 aromatic rings. The van der Waals surface area contributed by atoms with Crippen LogP contribution in [-0.4, -0.2) is 20.7 Å². The minimum Gasteiger partial charge on any atom is -0.406 e. The van der Waals surface area contributed by atoms with Crippen LogP contribution < -0.4 is 10.3 Å². The van der Waals surface area contributed by atoms with Crippen LogP contribution >= 0.6 is 0 Å². The second-order valence-electron chi connectivity index (χ2n) is 6.21. The lowest BCUT2D eigenvalue weighted by Gasteiger charge is -2.17. The van der Waals surface area contributed by atoms with Gasteiger partial charge in [0.2, 0.25) is 0 Å². The monoisotopic (exact) mass is 417 g/mol. The van der Waals surface area contributed by atoms with Gasteiger partial charge >= 0.3 is 12.5 Å². The first-order valence-corrected chi connectivity index (χ1v) is 8.05. The third kappa shape index (κ3) is 4.44. The summed E-state index contributed by atoms with van der Waals surface area (Å²) in [5, 5.41) is 3.84. The minimum absolute atomic E-state index is 0.114. The van der Waals surface area contributed by atoms with E-state index >= 15 is 0 Å². The highest BCUT2D eigenvalue weighted by Gasteiger charge is 2.35. The Bertz CT molecular complexity index is 1110. The fourth-order valence-corrected chi connectivity index (χ4v) is 2.84. The molecule has 1 aromatic carbocycles. The van der Waals surface area contributed by atoms with Crippen LogP contribution in [-0.2, 0) is 13.2 Å². The van der Waals surface area contributed by atoms with Crippen molar-refractivity contribution in [1.82, 2.24) is 14.3 Å². The number of aromatic nitrogens is 3. The second kappa shape index (κ2) is 6.98. The zero-order chi connectivity index (χ0) is 21.6. The largest absolute Gasteiger partial charge is 0.573 e. The molecule has 0 aliphatic heterocycles. The molecule has 3 rings (SSSR count). The Morgan fingerprint density at radius 2 is 1.72 bits per heavy atom. The smallest absolute Gasteiger partial charge is 0.406 e. The molecular weight excluding hydrogens is 404 g/mol. The first kappa shape index (κ1) is 20.5. The van der Waals surface area contributed by atoms with Gasteiger partial charge in [0.1, 0.15) is 5.75 Å². The van der Waals surface area contributed by atoms with E-state index in [0.29, 0.717) is 6.07 Å². The maximum absolute atomic E-state index is 13.4. The Labute approximate surface area is 159 Å². The topological polar surface area (TPSA) is 49.0 Å². The molecule has 0 bridgehead atoms. The van der Waals surface area contributed by atoms with Gasteiger partial charge < -0.3 is 4.74 Å². The van der Waals surface area contributed by atoms with E-state index in [1.54, 1.807) is 0 Å². The van der Waals surface area contributed by atoms with E-state index in [1.807, 2.05) is 0 Å². The van der Waals surface area contributed by atoms with Gasteiger partial charge in [-0.25, -0.2) is 0 Å². The van der Waals surface area contributed by atoms with E-state index in [2.05, 4.69) is 9.84 Å². The van der Waals surface area contributed by atoms with Crippen molar-refractivity contribution in [2.75, 3.05) is 0 Å². The van der Waals surface area contributed by atoms with Crippen LogP contribution in [0.5, 0.6) is 5.75 Å². The Kier molecular flexibility index (Phi) is 4.93. The van der Waals surface area contributed by atoms with Crippen LogP contribution in [0.2, 0.25) is 0 Å². The number of alkyl halides is 6. The summed E-state index contributed by atoms with van der Waals surface area (Å²) in [6.07, 6.45) is -6.12. The number of aryl methyl sites for hydroxylation is 2. The van der Waals surface area contributed by atoms with Crippen molar-refractivity contribution < 1.29 is 31.1 Å². The molecular formula is C18H13F6N3O2. The van der Waals surface area contributed by atoms with Gasteiger partial charge in [0, 0.05) is 36.6 Å². The van der Waals surface area contributed by atoms with E-state index in [1.165, 1.54) is 31.0 Å². The number of halogens is 6. The molecule has 0 amide bonds. The Hall–Kier alpha value is -3.24. The van der Waals surface area contributed by atoms with Gasteiger partial charge in [-0.3, -0.25) is 14.0 Å². The summed E-state index contributed by atoms with van der Waals surface area (Å²) < 4.78 is 83.5. The van der Waals surface area contributed by atoms with E-state index in [0.717, 1.165) is 29.0 Å². The van der Waals surface area contributed by atoms with Crippen molar-refractivity contribution in [2.24, 2.45) is 7.05 Å². The summed E-state index contributed by atoms with van der Waals surface area (Å²) in [6.45, 7) is 1.41. The van der Waals surface area contributed by atoms with Crippen LogP contribution in [0.4, 0.5) is 26.3 Å². The summed E-state index contributed by atoms with van der Waals surface area (Å²) in [7, 11) is 1.52. The first-order valence-electron chi connectivity index (χ1n) is 8.05. The number of hydrogen-bond acceptors (Lipinski definition) is 3. The standard InChI is InChI=1S/C18H13F6N3O2/c1-10-5-12(29-18(22,23)24)3-4-15(10)27-9-13(11-7-25-26(2)8-11)14(6-16(27)28)17(19,20)21/h3-9H,1-2H3. The van der Waals surface area contributed by atoms with Gasteiger partial charge in [0.25, 0.3) is 5.56 Å². The predicted octanol–water partition coefficient (Wildman–Crippen LogP) is 4.46. The Morgan fingerprint density at radius 1 is 1.03 bits per heavy atom. The maximum atomic E-state index is 13.4. The molecule has 0 saturated carbocycles. The molecule has 0 fully saturated rings. The third-order valence-corrected chi connectivity index (χ3v) is 4.04. The molecule has 2 aromatic heterocycles. The highest BCUT2D eigenvalue weighted by atomic mass is 19.4. The Morgan fingerprint density at radius 3 is 2.24 bits per heavy atom. The van der Waals surface area contributed by atoms with Gasteiger partial charge in [-0.15, -0.1) is 13.2 Å². The van der Waals surface area contributed by atoms with E-state index in [9.17, 15) is 31.1 Å². The summed E-state index contributed by atoms with van der Waals surface area (Å²) in [5.74, 6) is -0.508. The van der Waals surface area contributed by atoms with Crippen molar-refractivity contribution >= 4 is 0 Å². The molecule has 0 radical (unpaired) electrons. The van der Waals surface area contributed by atoms with Crippen LogP contribution in [0.25, 0.3) is 16.8 Å². The molecule has 2 heterocycles. The highest BCUT2D eigenvalue weighted by Crippen LogP contribution is 2.36. The zero-order valence-electron chi connectivity index (χ0n) is 15.0. The second-order valence-corrected chi connectivity index (χ2v) is 6.21. The maximum Gasteiger partial charge on any atom is 0.573 e. The summed E-state index contributed by atoms with van der Waals surface area (Å²) in [4.78, 5) is 12.4. The van der Waals surface area contributed by atoms with Gasteiger partial charge in [-0.2, -0.15) is 18.3 Å². The molecule has 0 aliphatic rings. The molecule has 11 heteroatoms. The van der Waals surface area contributed by atoms with Crippen molar-refractivity contribution in [3.8, 4) is 22.6 Å². The Balaban J connectivity index is 2.17. The minimum atomic E-state index is -4.90. The molecule has 0 spiro atoms. The number of nitrogens with zero attached hydrogens (tertiary/aromatic N) is 3. The van der Waals surface area contributed by atoms with Gasteiger partial charge in [-0.05, 0) is 30.7 Å². The number of ether oxygens (including phenoxy) is 1. The summed E-state index contributed by atoms with van der Waals surface area (Å²) in [6, 6.07) is 3.63. The third-order valence-electron chi connectivity index (χ3n) is 4.04. The van der Waals surface area contributed by atoms with Gasteiger partial charge in [0.05, 0.1) is 17.4 Å². The highest BCUT2D eigenvalue weighted by molar-refractivity contribution is 5.66. The summed E-state index contributed by atoms with van der Waals surface area (Å²) in [5.41, 5.74) is -1.98. The zero-order valence-corrected chi connectivity index (χ0v) is 15.0. The lowest BCUT2D eigenvalue weighted by atomic mass is 10.0. The number of rotatable bonds is 3.